The molecule has 22 heavy (non-hydrogen) atoms. The molecule has 0 saturated heterocycles. The van der Waals surface area contributed by atoms with Gasteiger partial charge in [-0.1, -0.05) is 0 Å². The fourth-order valence-electron chi connectivity index (χ4n) is 3.05. The van der Waals surface area contributed by atoms with Gasteiger partial charge in [-0.05, 0) is 18.8 Å². The standard InChI is InChI=1S/C14H24N4O3S/c1-16(2)22(19,20)18-7-12(9-21-3)14-13(8-18)15-10-17(14)6-11-4-5-11/h10-12H,4-9H2,1-3H3. The van der Waals surface area contributed by atoms with Gasteiger partial charge in [-0.15, -0.1) is 0 Å². The van der Waals surface area contributed by atoms with Gasteiger partial charge in [-0.2, -0.15) is 17.0 Å². The van der Waals surface area contributed by atoms with E-state index in [-0.39, 0.29) is 5.92 Å². The first-order valence-corrected chi connectivity index (χ1v) is 9.03. The Morgan fingerprint density at radius 2 is 2.14 bits per heavy atom. The van der Waals surface area contributed by atoms with E-state index in [4.69, 9.17) is 4.74 Å². The van der Waals surface area contributed by atoms with Crippen LogP contribution in [0.25, 0.3) is 0 Å². The van der Waals surface area contributed by atoms with Crippen molar-refractivity contribution < 1.29 is 13.2 Å². The quantitative estimate of drug-likeness (QED) is 0.769. The first kappa shape index (κ1) is 15.9. The lowest BCUT2D eigenvalue weighted by Crippen LogP contribution is -2.45. The fourth-order valence-corrected chi connectivity index (χ4v) is 4.17. The molecule has 0 aromatic carbocycles. The average Bonchev–Trinajstić information content (AvgIpc) is 3.18. The number of imidazole rings is 1. The van der Waals surface area contributed by atoms with Crippen molar-refractivity contribution >= 4 is 10.2 Å². The van der Waals surface area contributed by atoms with Gasteiger partial charge in [0.1, 0.15) is 0 Å². The topological polar surface area (TPSA) is 67.7 Å². The Balaban J connectivity index is 1.90. The number of fused-ring (bicyclic) bond motifs is 1. The predicted octanol–water partition coefficient (Wildman–Crippen LogP) is 0.645. The minimum atomic E-state index is -3.43. The Hall–Kier alpha value is -0.960. The van der Waals surface area contributed by atoms with Gasteiger partial charge in [0.2, 0.25) is 0 Å². The van der Waals surface area contributed by atoms with Gasteiger partial charge in [-0.3, -0.25) is 0 Å². The Morgan fingerprint density at radius 3 is 2.73 bits per heavy atom. The Bertz CT molecular complexity index is 637. The van der Waals surface area contributed by atoms with Gasteiger partial charge >= 0.3 is 0 Å². The highest BCUT2D eigenvalue weighted by molar-refractivity contribution is 7.86. The molecule has 8 heteroatoms. The van der Waals surface area contributed by atoms with Crippen LogP contribution in [-0.2, 0) is 28.0 Å². The summed E-state index contributed by atoms with van der Waals surface area (Å²) in [6.45, 7) is 2.28. The van der Waals surface area contributed by atoms with E-state index in [0.717, 1.165) is 23.9 Å². The van der Waals surface area contributed by atoms with E-state index in [0.29, 0.717) is 19.7 Å². The molecule has 124 valence electrons. The van der Waals surface area contributed by atoms with E-state index >= 15 is 0 Å². The number of aromatic nitrogens is 2. The molecular weight excluding hydrogens is 304 g/mol. The highest BCUT2D eigenvalue weighted by atomic mass is 32.2. The molecule has 1 aromatic rings. The number of nitrogens with zero attached hydrogens (tertiary/aromatic N) is 4. The summed E-state index contributed by atoms with van der Waals surface area (Å²) >= 11 is 0. The Morgan fingerprint density at radius 1 is 1.41 bits per heavy atom. The van der Waals surface area contributed by atoms with E-state index in [2.05, 4.69) is 9.55 Å². The molecule has 1 aromatic heterocycles. The van der Waals surface area contributed by atoms with Crippen molar-refractivity contribution in [3.05, 3.63) is 17.7 Å². The molecule has 2 aliphatic rings. The van der Waals surface area contributed by atoms with Crippen molar-refractivity contribution in [1.29, 1.82) is 0 Å². The summed E-state index contributed by atoms with van der Waals surface area (Å²) < 4.78 is 35.1. The average molecular weight is 328 g/mol. The second-order valence-electron chi connectivity index (χ2n) is 6.41. The van der Waals surface area contributed by atoms with Gasteiger partial charge in [0.25, 0.3) is 10.2 Å². The van der Waals surface area contributed by atoms with Crippen molar-refractivity contribution in [3.8, 4) is 0 Å². The van der Waals surface area contributed by atoms with Crippen LogP contribution in [0.3, 0.4) is 0 Å². The Labute approximate surface area is 132 Å². The number of methoxy groups -OCH3 is 1. The molecule has 1 saturated carbocycles. The van der Waals surface area contributed by atoms with Crippen LogP contribution in [0.15, 0.2) is 6.33 Å². The van der Waals surface area contributed by atoms with Crippen LogP contribution in [0.2, 0.25) is 0 Å². The lowest BCUT2D eigenvalue weighted by atomic mass is 10.0. The van der Waals surface area contributed by atoms with Crippen molar-refractivity contribution in [3.63, 3.8) is 0 Å². The Kier molecular flexibility index (Phi) is 4.28. The summed E-state index contributed by atoms with van der Waals surface area (Å²) in [6, 6.07) is 0. The van der Waals surface area contributed by atoms with Crippen molar-refractivity contribution in [2.24, 2.45) is 5.92 Å². The number of hydrogen-bond acceptors (Lipinski definition) is 4. The van der Waals surface area contributed by atoms with Crippen LogP contribution in [0.1, 0.15) is 30.1 Å². The molecule has 7 nitrogen and oxygen atoms in total. The molecule has 1 unspecified atom stereocenters. The van der Waals surface area contributed by atoms with Gasteiger partial charge in [0.15, 0.2) is 0 Å². The summed E-state index contributed by atoms with van der Waals surface area (Å²) in [5.74, 6) is 0.787. The first-order chi connectivity index (χ1) is 10.4. The molecule has 1 fully saturated rings. The predicted molar refractivity (Wildman–Crippen MR) is 82.6 cm³/mol. The van der Waals surface area contributed by atoms with E-state index < -0.39 is 10.2 Å². The van der Waals surface area contributed by atoms with E-state index in [1.54, 1.807) is 21.2 Å². The highest BCUT2D eigenvalue weighted by Gasteiger charge is 2.37. The van der Waals surface area contributed by atoms with E-state index in [9.17, 15) is 8.42 Å². The lowest BCUT2D eigenvalue weighted by molar-refractivity contribution is 0.157. The largest absolute Gasteiger partial charge is 0.384 e. The van der Waals surface area contributed by atoms with Crippen molar-refractivity contribution in [1.82, 2.24) is 18.2 Å². The van der Waals surface area contributed by atoms with Gasteiger partial charge in [0.05, 0.1) is 25.2 Å². The molecular formula is C14H24N4O3S. The third-order valence-electron chi connectivity index (χ3n) is 4.40. The van der Waals surface area contributed by atoms with Crippen LogP contribution in [0.4, 0.5) is 0 Å². The normalized spacial score (nSPS) is 23.0. The summed E-state index contributed by atoms with van der Waals surface area (Å²) in [5, 5.41) is 0. The third-order valence-corrected chi connectivity index (χ3v) is 6.26. The highest BCUT2D eigenvalue weighted by Crippen LogP contribution is 2.35. The summed E-state index contributed by atoms with van der Waals surface area (Å²) in [6.07, 6.45) is 4.42. The SMILES string of the molecule is COCC1CN(S(=O)(=O)N(C)C)Cc2ncn(CC3CC3)c21. The number of ether oxygens (including phenoxy) is 1. The van der Waals surface area contributed by atoms with Crippen LogP contribution < -0.4 is 0 Å². The van der Waals surface area contributed by atoms with Crippen LogP contribution in [0, 0.1) is 5.92 Å². The lowest BCUT2D eigenvalue weighted by Gasteiger charge is -2.33. The van der Waals surface area contributed by atoms with Gasteiger partial charge in [0, 0.05) is 45.9 Å². The van der Waals surface area contributed by atoms with Crippen LogP contribution in [0.5, 0.6) is 0 Å². The molecule has 2 heterocycles. The van der Waals surface area contributed by atoms with E-state index in [1.165, 1.54) is 21.5 Å². The second kappa shape index (κ2) is 5.92. The first-order valence-electron chi connectivity index (χ1n) is 7.64. The zero-order chi connectivity index (χ0) is 15.9. The van der Waals surface area contributed by atoms with E-state index in [1.807, 2.05) is 6.33 Å². The third kappa shape index (κ3) is 2.92. The summed E-state index contributed by atoms with van der Waals surface area (Å²) in [5.41, 5.74) is 2.01. The minimum Gasteiger partial charge on any atom is -0.384 e. The zero-order valence-corrected chi connectivity index (χ0v) is 14.2. The molecule has 0 bridgehead atoms. The molecule has 3 rings (SSSR count). The maximum absolute atomic E-state index is 12.4. The smallest absolute Gasteiger partial charge is 0.281 e. The van der Waals surface area contributed by atoms with Crippen LogP contribution in [-0.4, -0.2) is 60.9 Å². The molecule has 0 N–H and O–H groups in total. The van der Waals surface area contributed by atoms with Crippen molar-refractivity contribution in [2.75, 3.05) is 34.4 Å². The zero-order valence-electron chi connectivity index (χ0n) is 13.4. The van der Waals surface area contributed by atoms with Gasteiger partial charge < -0.3 is 9.30 Å². The maximum Gasteiger partial charge on any atom is 0.281 e. The molecule has 0 radical (unpaired) electrons. The van der Waals surface area contributed by atoms with Crippen LogP contribution >= 0.6 is 0 Å². The summed E-state index contributed by atoms with van der Waals surface area (Å²) in [4.78, 5) is 4.48. The molecule has 1 atom stereocenters. The van der Waals surface area contributed by atoms with Crippen molar-refractivity contribution in [2.45, 2.75) is 31.8 Å². The minimum absolute atomic E-state index is 0.0322. The molecule has 1 aliphatic heterocycles. The number of rotatable bonds is 6. The molecule has 0 amide bonds. The fraction of sp³-hybridized carbons (Fsp3) is 0.786. The molecule has 1 aliphatic carbocycles. The molecule has 0 spiro atoms. The maximum atomic E-state index is 12.4. The summed E-state index contributed by atoms with van der Waals surface area (Å²) in [7, 11) is 1.33. The number of hydrogen-bond donors (Lipinski definition) is 0. The second-order valence-corrected chi connectivity index (χ2v) is 8.55. The van der Waals surface area contributed by atoms with Gasteiger partial charge in [-0.25, -0.2) is 4.98 Å². The monoisotopic (exact) mass is 328 g/mol.